The molecule has 19 heavy (non-hydrogen) atoms. The first kappa shape index (κ1) is 14.8. The van der Waals surface area contributed by atoms with Gasteiger partial charge in [0.15, 0.2) is 0 Å². The summed E-state index contributed by atoms with van der Waals surface area (Å²) in [6, 6.07) is 0.639. The van der Waals surface area contributed by atoms with Gasteiger partial charge in [-0.25, -0.2) is 0 Å². The molecule has 2 unspecified atom stereocenters. The van der Waals surface area contributed by atoms with Gasteiger partial charge in [0.05, 0.1) is 0 Å². The van der Waals surface area contributed by atoms with Crippen LogP contribution in [-0.4, -0.2) is 36.5 Å². The second kappa shape index (κ2) is 7.28. The van der Waals surface area contributed by atoms with E-state index in [-0.39, 0.29) is 0 Å². The maximum absolute atomic E-state index is 12.0. The Morgan fingerprint density at radius 2 is 1.84 bits per heavy atom. The fourth-order valence-electron chi connectivity index (χ4n) is 3.70. The molecular weight excluding hydrogens is 236 g/mol. The van der Waals surface area contributed by atoms with E-state index < -0.39 is 0 Å². The fraction of sp³-hybridized carbons (Fsp3) is 0.938. The molecule has 3 heteroatoms. The lowest BCUT2D eigenvalue weighted by atomic mass is 9.78. The molecule has 1 saturated carbocycles. The molecule has 0 bridgehead atoms. The van der Waals surface area contributed by atoms with Gasteiger partial charge in [-0.3, -0.25) is 4.79 Å². The van der Waals surface area contributed by atoms with Crippen LogP contribution in [0, 0.1) is 11.8 Å². The van der Waals surface area contributed by atoms with Gasteiger partial charge in [0.2, 0.25) is 5.91 Å². The van der Waals surface area contributed by atoms with Crippen LogP contribution in [0.5, 0.6) is 0 Å². The normalized spacial score (nSPS) is 28.1. The van der Waals surface area contributed by atoms with Crippen LogP contribution in [0.2, 0.25) is 0 Å². The summed E-state index contributed by atoms with van der Waals surface area (Å²) < 4.78 is 0. The van der Waals surface area contributed by atoms with Crippen molar-refractivity contribution in [3.05, 3.63) is 0 Å². The summed E-state index contributed by atoms with van der Waals surface area (Å²) in [6.45, 7) is 7.50. The lowest BCUT2D eigenvalue weighted by Gasteiger charge is -2.35. The first-order chi connectivity index (χ1) is 9.18. The first-order valence-electron chi connectivity index (χ1n) is 8.19. The van der Waals surface area contributed by atoms with Crippen molar-refractivity contribution >= 4 is 5.91 Å². The van der Waals surface area contributed by atoms with Crippen LogP contribution in [0.1, 0.15) is 58.8 Å². The Labute approximate surface area is 118 Å². The maximum Gasteiger partial charge on any atom is 0.223 e. The number of amides is 1. The summed E-state index contributed by atoms with van der Waals surface area (Å²) in [5.74, 6) is 1.91. The van der Waals surface area contributed by atoms with Crippen LogP contribution in [0.15, 0.2) is 0 Å². The molecule has 0 aromatic heterocycles. The van der Waals surface area contributed by atoms with Crippen molar-refractivity contribution in [2.24, 2.45) is 11.8 Å². The average Bonchev–Trinajstić information content (AvgIpc) is 2.93. The Hall–Kier alpha value is -0.570. The Morgan fingerprint density at radius 1 is 1.16 bits per heavy atom. The molecule has 2 atom stereocenters. The van der Waals surface area contributed by atoms with Crippen LogP contribution >= 0.6 is 0 Å². The Bertz CT molecular complexity index is 284. The minimum absolute atomic E-state index is 0.349. The largest absolute Gasteiger partial charge is 0.343 e. The van der Waals surface area contributed by atoms with Gasteiger partial charge in [0, 0.05) is 32.1 Å². The van der Waals surface area contributed by atoms with Gasteiger partial charge < -0.3 is 10.2 Å². The highest BCUT2D eigenvalue weighted by Gasteiger charge is 2.27. The standard InChI is InChI=1S/C16H30N2O/c1-13(2)14-7-3-4-8-15(14)17-10-9-16(19)18-11-5-6-12-18/h13-15,17H,3-12H2,1-2H3. The molecule has 1 amide bonds. The van der Waals surface area contributed by atoms with Gasteiger partial charge in [0.25, 0.3) is 0 Å². The monoisotopic (exact) mass is 266 g/mol. The van der Waals surface area contributed by atoms with Crippen LogP contribution in [0.4, 0.5) is 0 Å². The molecule has 1 aliphatic carbocycles. The number of carbonyl (C=O) groups excluding carboxylic acids is 1. The molecule has 1 N–H and O–H groups in total. The van der Waals surface area contributed by atoms with Crippen LogP contribution in [0.25, 0.3) is 0 Å². The minimum Gasteiger partial charge on any atom is -0.343 e. The van der Waals surface area contributed by atoms with Gasteiger partial charge >= 0.3 is 0 Å². The van der Waals surface area contributed by atoms with E-state index in [0.717, 1.165) is 31.5 Å². The smallest absolute Gasteiger partial charge is 0.223 e. The molecule has 1 heterocycles. The number of likely N-dealkylation sites (tertiary alicyclic amines) is 1. The molecule has 1 aliphatic heterocycles. The molecule has 2 fully saturated rings. The highest BCUT2D eigenvalue weighted by atomic mass is 16.2. The number of carbonyl (C=O) groups is 1. The number of nitrogens with zero attached hydrogens (tertiary/aromatic N) is 1. The lowest BCUT2D eigenvalue weighted by molar-refractivity contribution is -0.130. The van der Waals surface area contributed by atoms with Gasteiger partial charge in [0.1, 0.15) is 0 Å². The van der Waals surface area contributed by atoms with E-state index >= 15 is 0 Å². The Balaban J connectivity index is 1.70. The molecule has 0 aromatic rings. The third kappa shape index (κ3) is 4.20. The third-order valence-electron chi connectivity index (χ3n) is 4.88. The SMILES string of the molecule is CC(C)C1CCCCC1NCCC(=O)N1CCCC1. The minimum atomic E-state index is 0.349. The number of hydrogen-bond donors (Lipinski definition) is 1. The molecule has 110 valence electrons. The second-order valence-electron chi connectivity index (χ2n) is 6.59. The zero-order chi connectivity index (χ0) is 13.7. The summed E-state index contributed by atoms with van der Waals surface area (Å²) in [4.78, 5) is 14.0. The molecule has 2 rings (SSSR count). The van der Waals surface area contributed by atoms with Crippen molar-refractivity contribution in [1.82, 2.24) is 10.2 Å². The average molecular weight is 266 g/mol. The highest BCUT2D eigenvalue weighted by molar-refractivity contribution is 5.76. The highest BCUT2D eigenvalue weighted by Crippen LogP contribution is 2.30. The zero-order valence-electron chi connectivity index (χ0n) is 12.7. The van der Waals surface area contributed by atoms with Crippen LogP contribution in [0.3, 0.4) is 0 Å². The summed E-state index contributed by atoms with van der Waals surface area (Å²) in [5.41, 5.74) is 0. The second-order valence-corrected chi connectivity index (χ2v) is 6.59. The topological polar surface area (TPSA) is 32.3 Å². The predicted molar refractivity (Wildman–Crippen MR) is 79.0 cm³/mol. The molecule has 3 nitrogen and oxygen atoms in total. The molecule has 0 spiro atoms. The van der Waals surface area contributed by atoms with E-state index in [0.29, 0.717) is 18.4 Å². The molecule has 1 saturated heterocycles. The van der Waals surface area contributed by atoms with Crippen molar-refractivity contribution in [2.75, 3.05) is 19.6 Å². The van der Waals surface area contributed by atoms with Crippen molar-refractivity contribution in [3.63, 3.8) is 0 Å². The van der Waals surface area contributed by atoms with Gasteiger partial charge in [-0.2, -0.15) is 0 Å². The Morgan fingerprint density at radius 3 is 2.53 bits per heavy atom. The first-order valence-corrected chi connectivity index (χ1v) is 8.19. The number of hydrogen-bond acceptors (Lipinski definition) is 2. The van der Waals surface area contributed by atoms with Crippen molar-refractivity contribution < 1.29 is 4.79 Å². The van der Waals surface area contributed by atoms with E-state index in [2.05, 4.69) is 19.2 Å². The van der Waals surface area contributed by atoms with Crippen LogP contribution < -0.4 is 5.32 Å². The summed E-state index contributed by atoms with van der Waals surface area (Å²) >= 11 is 0. The molecule has 0 aromatic carbocycles. The van der Waals surface area contributed by atoms with Gasteiger partial charge in [-0.15, -0.1) is 0 Å². The molecule has 0 radical (unpaired) electrons. The van der Waals surface area contributed by atoms with Crippen molar-refractivity contribution in [1.29, 1.82) is 0 Å². The fourth-order valence-corrected chi connectivity index (χ4v) is 3.70. The Kier molecular flexibility index (Phi) is 5.68. The zero-order valence-corrected chi connectivity index (χ0v) is 12.7. The summed E-state index contributed by atoms with van der Waals surface area (Å²) in [7, 11) is 0. The summed E-state index contributed by atoms with van der Waals surface area (Å²) in [6.07, 6.45) is 8.45. The van der Waals surface area contributed by atoms with E-state index in [1.54, 1.807) is 0 Å². The van der Waals surface area contributed by atoms with E-state index in [4.69, 9.17) is 0 Å². The quantitative estimate of drug-likeness (QED) is 0.830. The van der Waals surface area contributed by atoms with Crippen molar-refractivity contribution in [2.45, 2.75) is 64.8 Å². The van der Waals surface area contributed by atoms with Gasteiger partial charge in [-0.1, -0.05) is 26.7 Å². The molecule has 2 aliphatic rings. The maximum atomic E-state index is 12.0. The van der Waals surface area contributed by atoms with E-state index in [1.807, 2.05) is 4.90 Å². The summed E-state index contributed by atoms with van der Waals surface area (Å²) in [5, 5.41) is 3.66. The van der Waals surface area contributed by atoms with E-state index in [1.165, 1.54) is 38.5 Å². The predicted octanol–water partition coefficient (Wildman–Crippen LogP) is 2.80. The number of rotatable bonds is 5. The lowest BCUT2D eigenvalue weighted by Crippen LogP contribution is -2.42. The van der Waals surface area contributed by atoms with Crippen molar-refractivity contribution in [3.8, 4) is 0 Å². The van der Waals surface area contributed by atoms with Gasteiger partial charge in [-0.05, 0) is 37.5 Å². The van der Waals surface area contributed by atoms with Crippen LogP contribution in [-0.2, 0) is 4.79 Å². The third-order valence-corrected chi connectivity index (χ3v) is 4.88. The number of nitrogens with one attached hydrogen (secondary N) is 1. The van der Waals surface area contributed by atoms with E-state index in [9.17, 15) is 4.79 Å². The molecular formula is C16H30N2O.